The summed E-state index contributed by atoms with van der Waals surface area (Å²) in [4.78, 5) is 15.2. The van der Waals surface area contributed by atoms with Crippen LogP contribution < -0.4 is 0 Å². The minimum absolute atomic E-state index is 0.00752. The van der Waals surface area contributed by atoms with Crippen molar-refractivity contribution in [3.8, 4) is 0 Å². The van der Waals surface area contributed by atoms with Gasteiger partial charge in [-0.15, -0.1) is 0 Å². The van der Waals surface area contributed by atoms with Crippen LogP contribution in [0.2, 0.25) is 0 Å². The largest absolute Gasteiger partial charge is 0.339 e. The molecule has 160 valence electrons. The van der Waals surface area contributed by atoms with Gasteiger partial charge in [0, 0.05) is 26.1 Å². The van der Waals surface area contributed by atoms with Crippen molar-refractivity contribution in [1.29, 1.82) is 0 Å². The Labute approximate surface area is 179 Å². The Kier molecular flexibility index (Phi) is 5.98. The zero-order chi connectivity index (χ0) is 21.3. The minimum atomic E-state index is -3.50. The van der Waals surface area contributed by atoms with E-state index < -0.39 is 10.0 Å². The molecule has 0 bridgehead atoms. The second-order valence-electron chi connectivity index (χ2n) is 8.50. The topological polar surface area (TPSA) is 57.7 Å². The summed E-state index contributed by atoms with van der Waals surface area (Å²) in [5, 5.41) is 0. The maximum Gasteiger partial charge on any atom is 0.243 e. The number of fused-ring (bicyclic) bond motifs is 1. The van der Waals surface area contributed by atoms with Gasteiger partial charge in [-0.2, -0.15) is 4.31 Å². The van der Waals surface area contributed by atoms with E-state index in [9.17, 15) is 13.2 Å². The number of rotatable bonds is 5. The fourth-order valence-electron chi connectivity index (χ4n) is 4.63. The molecule has 0 saturated carbocycles. The average Bonchev–Trinajstić information content (AvgIpc) is 3.26. The maximum absolute atomic E-state index is 13.1. The van der Waals surface area contributed by atoms with Crippen molar-refractivity contribution in [1.82, 2.24) is 9.21 Å². The lowest BCUT2D eigenvalue weighted by atomic mass is 9.95. The third kappa shape index (κ3) is 4.03. The number of aryl methyl sites for hydroxylation is 2. The molecule has 2 aromatic carbocycles. The predicted octanol–water partition coefficient (Wildman–Crippen LogP) is 3.80. The summed E-state index contributed by atoms with van der Waals surface area (Å²) in [5.74, 6) is -0.0337. The molecule has 6 heteroatoms. The summed E-state index contributed by atoms with van der Waals surface area (Å²) in [6.45, 7) is 2.81. The van der Waals surface area contributed by atoms with E-state index in [0.717, 1.165) is 30.4 Å². The Balaban J connectivity index is 1.40. The third-order valence-electron chi connectivity index (χ3n) is 6.72. The summed E-state index contributed by atoms with van der Waals surface area (Å²) >= 11 is 0. The van der Waals surface area contributed by atoms with Crippen LogP contribution in [0.15, 0.2) is 53.4 Å². The molecule has 0 N–H and O–H groups in total. The van der Waals surface area contributed by atoms with E-state index in [2.05, 4.69) is 0 Å². The molecule has 1 saturated heterocycles. The fourth-order valence-corrected chi connectivity index (χ4v) is 6.16. The Hall–Kier alpha value is -2.18. The molecule has 5 nitrogen and oxygen atoms in total. The number of benzene rings is 2. The van der Waals surface area contributed by atoms with Gasteiger partial charge in [0.05, 0.1) is 10.9 Å². The number of amides is 1. The number of hydrogen-bond donors (Lipinski definition) is 0. The average molecular weight is 427 g/mol. The molecule has 4 rings (SSSR count). The molecular weight excluding hydrogens is 396 g/mol. The van der Waals surface area contributed by atoms with Crippen molar-refractivity contribution in [2.24, 2.45) is 5.92 Å². The highest BCUT2D eigenvalue weighted by Crippen LogP contribution is 2.30. The Morgan fingerprint density at radius 3 is 2.40 bits per heavy atom. The molecule has 1 heterocycles. The highest BCUT2D eigenvalue weighted by atomic mass is 32.2. The van der Waals surface area contributed by atoms with Gasteiger partial charge in [-0.05, 0) is 67.9 Å². The van der Waals surface area contributed by atoms with Crippen LogP contribution in [0.1, 0.15) is 48.9 Å². The van der Waals surface area contributed by atoms with Gasteiger partial charge in [-0.25, -0.2) is 8.42 Å². The molecule has 0 spiro atoms. The minimum Gasteiger partial charge on any atom is -0.339 e. The maximum atomic E-state index is 13.1. The number of sulfonamides is 1. The molecule has 1 fully saturated rings. The number of hydrogen-bond acceptors (Lipinski definition) is 3. The van der Waals surface area contributed by atoms with Gasteiger partial charge in [0.1, 0.15) is 0 Å². The first-order chi connectivity index (χ1) is 14.4. The van der Waals surface area contributed by atoms with E-state index in [1.54, 1.807) is 15.3 Å². The van der Waals surface area contributed by atoms with Crippen LogP contribution in [0.4, 0.5) is 0 Å². The van der Waals surface area contributed by atoms with Gasteiger partial charge in [0.2, 0.25) is 15.9 Å². The lowest BCUT2D eigenvalue weighted by Crippen LogP contribution is -2.44. The number of piperidine rings is 1. The van der Waals surface area contributed by atoms with Crippen LogP contribution in [0.5, 0.6) is 0 Å². The van der Waals surface area contributed by atoms with E-state index in [0.29, 0.717) is 30.8 Å². The molecule has 1 atom stereocenters. The molecule has 30 heavy (non-hydrogen) atoms. The lowest BCUT2D eigenvalue weighted by molar-refractivity contribution is -0.137. The molecule has 1 aliphatic carbocycles. The molecule has 2 aromatic rings. The van der Waals surface area contributed by atoms with E-state index in [1.165, 1.54) is 5.56 Å². The number of carbonyl (C=O) groups is 1. The molecular formula is C24H30N2O3S. The van der Waals surface area contributed by atoms with Gasteiger partial charge < -0.3 is 4.90 Å². The summed E-state index contributed by atoms with van der Waals surface area (Å²) in [7, 11) is -1.66. The fraction of sp³-hybridized carbons (Fsp3) is 0.458. The van der Waals surface area contributed by atoms with Gasteiger partial charge in [-0.3, -0.25) is 4.79 Å². The van der Waals surface area contributed by atoms with Crippen LogP contribution in [-0.2, 0) is 27.7 Å². The second-order valence-corrected chi connectivity index (χ2v) is 10.4. The standard InChI is InChI=1S/C24H30N2O3S/c1-18(19-7-4-3-5-8-19)25(2)24(27)21-13-15-26(16-14-21)30(28,29)23-12-11-20-9-6-10-22(20)17-23/h3-5,7-8,11-12,17-18,21H,6,9-10,13-16H2,1-2H3. The van der Waals surface area contributed by atoms with Crippen molar-refractivity contribution < 1.29 is 13.2 Å². The molecule has 1 aliphatic heterocycles. The normalized spacial score (nSPS) is 18.7. The van der Waals surface area contributed by atoms with E-state index >= 15 is 0 Å². The van der Waals surface area contributed by atoms with Crippen LogP contribution in [-0.4, -0.2) is 43.7 Å². The van der Waals surface area contributed by atoms with Crippen molar-refractivity contribution in [2.75, 3.05) is 20.1 Å². The first kappa shape index (κ1) is 21.1. The first-order valence-electron chi connectivity index (χ1n) is 10.8. The predicted molar refractivity (Wildman–Crippen MR) is 118 cm³/mol. The number of carbonyl (C=O) groups excluding carboxylic acids is 1. The van der Waals surface area contributed by atoms with Crippen LogP contribution in [0.3, 0.4) is 0 Å². The zero-order valence-corrected chi connectivity index (χ0v) is 18.6. The van der Waals surface area contributed by atoms with Crippen molar-refractivity contribution >= 4 is 15.9 Å². The van der Waals surface area contributed by atoms with Gasteiger partial charge in [0.15, 0.2) is 0 Å². The Morgan fingerprint density at radius 1 is 1.03 bits per heavy atom. The zero-order valence-electron chi connectivity index (χ0n) is 17.8. The summed E-state index contributed by atoms with van der Waals surface area (Å²) < 4.78 is 27.8. The van der Waals surface area contributed by atoms with Crippen LogP contribution in [0, 0.1) is 5.92 Å². The smallest absolute Gasteiger partial charge is 0.243 e. The summed E-state index contributed by atoms with van der Waals surface area (Å²) in [6.07, 6.45) is 4.23. The van der Waals surface area contributed by atoms with E-state index in [-0.39, 0.29) is 17.9 Å². The third-order valence-corrected chi connectivity index (χ3v) is 8.62. The SMILES string of the molecule is CC(c1ccccc1)N(C)C(=O)C1CCN(S(=O)(=O)c2ccc3c(c2)CCC3)CC1. The van der Waals surface area contributed by atoms with Crippen molar-refractivity contribution in [3.63, 3.8) is 0 Å². The number of nitrogens with zero attached hydrogens (tertiary/aromatic N) is 2. The van der Waals surface area contributed by atoms with Crippen molar-refractivity contribution in [3.05, 3.63) is 65.2 Å². The van der Waals surface area contributed by atoms with E-state index in [4.69, 9.17) is 0 Å². The molecule has 1 unspecified atom stereocenters. The van der Waals surface area contributed by atoms with Gasteiger partial charge in [-0.1, -0.05) is 36.4 Å². The molecule has 1 amide bonds. The van der Waals surface area contributed by atoms with Crippen LogP contribution >= 0.6 is 0 Å². The summed E-state index contributed by atoms with van der Waals surface area (Å²) in [6, 6.07) is 15.5. The lowest BCUT2D eigenvalue weighted by Gasteiger charge is -2.34. The Bertz CT molecular complexity index is 1010. The highest BCUT2D eigenvalue weighted by Gasteiger charge is 2.34. The highest BCUT2D eigenvalue weighted by molar-refractivity contribution is 7.89. The quantitative estimate of drug-likeness (QED) is 0.731. The van der Waals surface area contributed by atoms with Gasteiger partial charge >= 0.3 is 0 Å². The van der Waals surface area contributed by atoms with Crippen LogP contribution in [0.25, 0.3) is 0 Å². The summed E-state index contributed by atoms with van der Waals surface area (Å²) in [5.41, 5.74) is 3.54. The first-order valence-corrected chi connectivity index (χ1v) is 12.3. The second kappa shape index (κ2) is 8.52. The molecule has 0 aromatic heterocycles. The molecule has 0 radical (unpaired) electrons. The molecule has 2 aliphatic rings. The Morgan fingerprint density at radius 2 is 1.70 bits per heavy atom. The van der Waals surface area contributed by atoms with E-state index in [1.807, 2.05) is 56.4 Å². The monoisotopic (exact) mass is 426 g/mol. The van der Waals surface area contributed by atoms with Crippen molar-refractivity contribution in [2.45, 2.75) is 50.0 Å². The van der Waals surface area contributed by atoms with Gasteiger partial charge in [0.25, 0.3) is 0 Å².